The quantitative estimate of drug-likeness (QED) is 0.106. The Labute approximate surface area is 309 Å². The first-order valence-electron chi connectivity index (χ1n) is 17.2. The van der Waals surface area contributed by atoms with Gasteiger partial charge in [-0.15, -0.1) is 0 Å². The number of carbonyl (C=O) groups excluding carboxylic acids is 1. The van der Waals surface area contributed by atoms with Crippen molar-refractivity contribution in [2.24, 2.45) is 0 Å². The van der Waals surface area contributed by atoms with Crippen molar-refractivity contribution in [1.82, 2.24) is 14.8 Å². The third-order valence-corrected chi connectivity index (χ3v) is 8.73. The van der Waals surface area contributed by atoms with Crippen molar-refractivity contribution >= 4 is 23.6 Å². The molecule has 1 aromatic heterocycles. The second-order valence-corrected chi connectivity index (χ2v) is 13.1. The minimum Gasteiger partial charge on any atom is -0.491 e. The molecule has 1 saturated heterocycles. The molecular weight excluding hydrogens is 681 g/mol. The molecule has 0 radical (unpaired) electrons. The fourth-order valence-corrected chi connectivity index (χ4v) is 5.75. The Morgan fingerprint density at radius 3 is 2.21 bits per heavy atom. The van der Waals surface area contributed by atoms with Crippen LogP contribution in [0.3, 0.4) is 0 Å². The fourth-order valence-electron chi connectivity index (χ4n) is 5.56. The summed E-state index contributed by atoms with van der Waals surface area (Å²) < 4.78 is 37.9. The van der Waals surface area contributed by atoms with Crippen molar-refractivity contribution in [3.8, 4) is 28.9 Å². The molecule has 52 heavy (non-hydrogen) atoms. The van der Waals surface area contributed by atoms with Crippen LogP contribution in [-0.2, 0) is 24.6 Å². The minimum atomic E-state index is -0.563. The normalized spacial score (nSPS) is 13.4. The first-order chi connectivity index (χ1) is 25.3. The number of halogens is 2. The van der Waals surface area contributed by atoms with Gasteiger partial charge in [-0.1, -0.05) is 60.1 Å². The number of hydrogen-bond acceptors (Lipinski definition) is 7. The van der Waals surface area contributed by atoms with Gasteiger partial charge in [0, 0.05) is 55.5 Å². The van der Waals surface area contributed by atoms with E-state index in [0.717, 1.165) is 42.3 Å². The van der Waals surface area contributed by atoms with E-state index in [1.165, 1.54) is 30.0 Å². The van der Waals surface area contributed by atoms with E-state index < -0.39 is 5.82 Å². The molecule has 2 heterocycles. The molecule has 1 amide bonds. The average molecular weight is 722 g/mol. The number of ether oxygens (including phenoxy) is 4. The second-order valence-electron chi connectivity index (χ2n) is 12.7. The molecule has 5 aromatic rings. The number of amides is 1. The maximum absolute atomic E-state index is 14.9. The lowest BCUT2D eigenvalue weighted by Gasteiger charge is -2.34. The molecule has 0 saturated carbocycles. The highest BCUT2D eigenvalue weighted by molar-refractivity contribution is 6.31. The van der Waals surface area contributed by atoms with Gasteiger partial charge in [-0.2, -0.15) is 0 Å². The maximum atomic E-state index is 14.9. The van der Waals surface area contributed by atoms with Gasteiger partial charge in [0.05, 0.1) is 12.3 Å². The summed E-state index contributed by atoms with van der Waals surface area (Å²) in [5, 5.41) is 0.625. The number of carbonyl (C=O) groups is 1. The summed E-state index contributed by atoms with van der Waals surface area (Å²) in [4.78, 5) is 21.3. The van der Waals surface area contributed by atoms with E-state index in [-0.39, 0.29) is 23.6 Å². The Bertz CT molecular complexity index is 1940. The monoisotopic (exact) mass is 721 g/mol. The molecule has 1 fully saturated rings. The maximum Gasteiger partial charge on any atom is 0.246 e. The van der Waals surface area contributed by atoms with E-state index in [1.54, 1.807) is 30.3 Å². The lowest BCUT2D eigenvalue weighted by molar-refractivity contribution is -0.127. The summed E-state index contributed by atoms with van der Waals surface area (Å²) in [5.74, 6) is 1.74. The first-order valence-corrected chi connectivity index (χ1v) is 17.6. The van der Waals surface area contributed by atoms with E-state index in [9.17, 15) is 9.18 Å². The predicted molar refractivity (Wildman–Crippen MR) is 200 cm³/mol. The highest BCUT2D eigenvalue weighted by Crippen LogP contribution is 2.26. The van der Waals surface area contributed by atoms with E-state index in [2.05, 4.69) is 34.1 Å². The molecule has 0 N–H and O–H groups in total. The summed E-state index contributed by atoms with van der Waals surface area (Å²) in [5.41, 5.74) is 3.71. The number of rotatable bonds is 14. The van der Waals surface area contributed by atoms with Gasteiger partial charge in [-0.05, 0) is 85.1 Å². The van der Waals surface area contributed by atoms with Crippen LogP contribution in [-0.4, -0.2) is 53.0 Å². The molecule has 268 valence electrons. The number of pyridine rings is 1. The standard InChI is InChI=1S/C42H41ClFN3O5/c1-30(2)51-36-15-13-35(14-16-36)49-28-33-9-7-32(8-10-33)27-46-21-23-47(24-22-46)42(48)20-12-31-11-18-40(39(44)25-31)52-41-19-17-37(26-45-41)50-29-34-5-3-4-6-38(34)43/h3-20,25-26,30H,21-24,27-29H2,1-2H3/b20-12+. The zero-order valence-corrected chi connectivity index (χ0v) is 30.0. The number of piperazine rings is 1. The fraction of sp³-hybridized carbons (Fsp3) is 0.238. The van der Waals surface area contributed by atoms with E-state index in [1.807, 2.05) is 61.2 Å². The number of hydrogen-bond donors (Lipinski definition) is 0. The van der Waals surface area contributed by atoms with Crippen LogP contribution in [0, 0.1) is 5.82 Å². The molecule has 0 unspecified atom stereocenters. The summed E-state index contributed by atoms with van der Waals surface area (Å²) >= 11 is 6.18. The van der Waals surface area contributed by atoms with Crippen molar-refractivity contribution in [3.63, 3.8) is 0 Å². The Morgan fingerprint density at radius 1 is 0.827 bits per heavy atom. The molecule has 8 nitrogen and oxygen atoms in total. The third kappa shape index (κ3) is 10.6. The molecule has 1 aliphatic rings. The Hall–Kier alpha value is -5.38. The predicted octanol–water partition coefficient (Wildman–Crippen LogP) is 8.97. The molecule has 0 bridgehead atoms. The van der Waals surface area contributed by atoms with Crippen LogP contribution in [0.2, 0.25) is 5.02 Å². The summed E-state index contributed by atoms with van der Waals surface area (Å²) in [6.07, 6.45) is 4.75. The van der Waals surface area contributed by atoms with Crippen molar-refractivity contribution < 1.29 is 28.1 Å². The van der Waals surface area contributed by atoms with Gasteiger partial charge in [0.1, 0.15) is 30.5 Å². The van der Waals surface area contributed by atoms with Crippen molar-refractivity contribution in [1.29, 1.82) is 0 Å². The highest BCUT2D eigenvalue weighted by Gasteiger charge is 2.20. The first kappa shape index (κ1) is 36.4. The summed E-state index contributed by atoms with van der Waals surface area (Å²) in [6.45, 7) is 8.36. The van der Waals surface area contributed by atoms with Crippen LogP contribution >= 0.6 is 11.6 Å². The number of nitrogens with zero attached hydrogens (tertiary/aromatic N) is 3. The molecule has 10 heteroatoms. The molecule has 6 rings (SSSR count). The summed E-state index contributed by atoms with van der Waals surface area (Å²) in [6, 6.07) is 31.4. The van der Waals surface area contributed by atoms with Gasteiger partial charge in [-0.25, -0.2) is 9.37 Å². The van der Waals surface area contributed by atoms with Crippen LogP contribution in [0.5, 0.6) is 28.9 Å². The van der Waals surface area contributed by atoms with Gasteiger partial charge in [0.15, 0.2) is 11.6 Å². The zero-order chi connectivity index (χ0) is 36.3. The van der Waals surface area contributed by atoms with Crippen molar-refractivity contribution in [2.75, 3.05) is 26.2 Å². The molecular formula is C42H41ClFN3O5. The second kappa shape index (κ2) is 17.7. The van der Waals surface area contributed by atoms with E-state index >= 15 is 0 Å². The van der Waals surface area contributed by atoms with Crippen molar-refractivity contribution in [2.45, 2.75) is 39.7 Å². The van der Waals surface area contributed by atoms with E-state index in [4.69, 9.17) is 30.5 Å². The lowest BCUT2D eigenvalue weighted by atomic mass is 10.1. The zero-order valence-electron chi connectivity index (χ0n) is 29.2. The van der Waals surface area contributed by atoms with Gasteiger partial charge in [0.2, 0.25) is 11.8 Å². The van der Waals surface area contributed by atoms with Crippen molar-refractivity contribution in [3.05, 3.63) is 148 Å². The molecule has 4 aromatic carbocycles. The SMILES string of the molecule is CC(C)Oc1ccc(OCc2ccc(CN3CCN(C(=O)/C=C/c4ccc(Oc5ccc(OCc6ccccc6Cl)cn5)c(F)c4)CC3)cc2)cc1. The molecule has 0 aliphatic carbocycles. The minimum absolute atomic E-state index is 0.0264. The van der Waals surface area contributed by atoms with Crippen LogP contribution < -0.4 is 18.9 Å². The smallest absolute Gasteiger partial charge is 0.246 e. The van der Waals surface area contributed by atoms with Crippen LogP contribution in [0.15, 0.2) is 115 Å². The number of aromatic nitrogens is 1. The van der Waals surface area contributed by atoms with Gasteiger partial charge < -0.3 is 23.8 Å². The lowest BCUT2D eigenvalue weighted by Crippen LogP contribution is -2.47. The van der Waals surface area contributed by atoms with E-state index in [0.29, 0.717) is 42.6 Å². The Morgan fingerprint density at radius 2 is 1.52 bits per heavy atom. The van der Waals surface area contributed by atoms with Gasteiger partial charge in [-0.3, -0.25) is 9.69 Å². The third-order valence-electron chi connectivity index (χ3n) is 8.36. The molecule has 0 spiro atoms. The van der Waals surface area contributed by atoms with Gasteiger partial charge >= 0.3 is 0 Å². The van der Waals surface area contributed by atoms with Crippen LogP contribution in [0.25, 0.3) is 6.08 Å². The Balaban J connectivity index is 0.913. The Kier molecular flexibility index (Phi) is 12.4. The number of benzene rings is 4. The molecule has 0 atom stereocenters. The average Bonchev–Trinajstić information content (AvgIpc) is 3.15. The van der Waals surface area contributed by atoms with Gasteiger partial charge in [0.25, 0.3) is 0 Å². The summed E-state index contributed by atoms with van der Waals surface area (Å²) in [7, 11) is 0. The van der Waals surface area contributed by atoms with Crippen LogP contribution in [0.4, 0.5) is 4.39 Å². The van der Waals surface area contributed by atoms with Crippen LogP contribution in [0.1, 0.15) is 36.1 Å². The largest absolute Gasteiger partial charge is 0.491 e. The topological polar surface area (TPSA) is 73.4 Å². The molecule has 1 aliphatic heterocycles. The highest BCUT2D eigenvalue weighted by atomic mass is 35.5.